The maximum absolute atomic E-state index is 11.8. The van der Waals surface area contributed by atoms with E-state index >= 15 is 0 Å². The Labute approximate surface area is 91.9 Å². The van der Waals surface area contributed by atoms with Gasteiger partial charge in [0.1, 0.15) is 0 Å². The van der Waals surface area contributed by atoms with E-state index in [2.05, 4.69) is 13.8 Å². The second-order valence-electron chi connectivity index (χ2n) is 4.11. The van der Waals surface area contributed by atoms with Crippen molar-refractivity contribution in [3.8, 4) is 0 Å². The van der Waals surface area contributed by atoms with Gasteiger partial charge in [0.25, 0.3) is 0 Å². The summed E-state index contributed by atoms with van der Waals surface area (Å²) in [6, 6.07) is 0. The van der Waals surface area contributed by atoms with Gasteiger partial charge in [-0.2, -0.15) is 0 Å². The predicted octanol–water partition coefficient (Wildman–Crippen LogP) is 2.88. The van der Waals surface area contributed by atoms with Gasteiger partial charge >= 0.3 is 0 Å². The molecule has 1 amide bonds. The number of carbonyl (C=O) groups excluding carboxylic acids is 1. The van der Waals surface area contributed by atoms with Crippen LogP contribution in [0.2, 0.25) is 0 Å². The van der Waals surface area contributed by atoms with Crippen LogP contribution >= 0.6 is 11.6 Å². The largest absolute Gasteiger partial charge is 0.349 e. The second-order valence-corrected chi connectivity index (χ2v) is 4.71. The Morgan fingerprint density at radius 3 is 2.21 bits per heavy atom. The molecule has 0 N–H and O–H groups in total. The summed E-state index contributed by atoms with van der Waals surface area (Å²) in [5.41, 5.74) is 0. The minimum atomic E-state index is 0.0405. The van der Waals surface area contributed by atoms with Crippen molar-refractivity contribution in [1.29, 1.82) is 0 Å². The number of carbonyl (C=O) groups is 1. The van der Waals surface area contributed by atoms with E-state index in [1.165, 1.54) is 0 Å². The van der Waals surface area contributed by atoms with Gasteiger partial charge in [-0.15, -0.1) is 0 Å². The van der Waals surface area contributed by atoms with E-state index in [9.17, 15) is 4.79 Å². The number of halogens is 1. The Hall–Kier alpha value is -0.500. The van der Waals surface area contributed by atoms with Gasteiger partial charge < -0.3 is 4.90 Å². The van der Waals surface area contributed by atoms with Gasteiger partial charge in [-0.1, -0.05) is 31.5 Å². The van der Waals surface area contributed by atoms with Crippen LogP contribution in [0, 0.1) is 11.8 Å². The lowest BCUT2D eigenvalue weighted by molar-refractivity contribution is -0.134. The molecular weight excluding hydrogens is 198 g/mol. The molecule has 0 saturated heterocycles. The number of nitrogens with zero attached hydrogens (tertiary/aromatic N) is 1. The minimum absolute atomic E-state index is 0.0405. The Morgan fingerprint density at radius 1 is 1.43 bits per heavy atom. The maximum atomic E-state index is 11.8. The third-order valence-electron chi connectivity index (χ3n) is 2.22. The summed E-state index contributed by atoms with van der Waals surface area (Å²) in [5.74, 6) is 0.560. The average Bonchev–Trinajstić information content (AvgIpc) is 2.02. The molecule has 3 heteroatoms. The fourth-order valence-corrected chi connectivity index (χ4v) is 1.37. The molecule has 0 fully saturated rings. The highest BCUT2D eigenvalue weighted by Gasteiger charge is 2.22. The van der Waals surface area contributed by atoms with Crippen LogP contribution in [0.15, 0.2) is 11.1 Å². The molecule has 0 aromatic carbocycles. The van der Waals surface area contributed by atoms with Gasteiger partial charge in [0.05, 0.1) is 0 Å². The third kappa shape index (κ3) is 4.66. The van der Waals surface area contributed by atoms with Crippen LogP contribution in [0.1, 0.15) is 27.2 Å². The molecule has 0 aliphatic heterocycles. The van der Waals surface area contributed by atoms with Crippen molar-refractivity contribution in [2.45, 2.75) is 27.2 Å². The fraction of sp³-hybridized carbons (Fsp3) is 0.727. The van der Waals surface area contributed by atoms with Gasteiger partial charge in [-0.25, -0.2) is 0 Å². The highest BCUT2D eigenvalue weighted by Crippen LogP contribution is 2.19. The summed E-state index contributed by atoms with van der Waals surface area (Å²) < 4.78 is 0. The Balaban J connectivity index is 4.45. The van der Waals surface area contributed by atoms with Crippen LogP contribution in [0.3, 0.4) is 0 Å². The Bertz CT molecular complexity index is 217. The average molecular weight is 218 g/mol. The van der Waals surface area contributed by atoms with E-state index < -0.39 is 0 Å². The molecule has 0 spiro atoms. The molecule has 2 nitrogen and oxygen atoms in total. The van der Waals surface area contributed by atoms with Crippen LogP contribution in [0.25, 0.3) is 0 Å². The molecule has 14 heavy (non-hydrogen) atoms. The quantitative estimate of drug-likeness (QED) is 0.709. The van der Waals surface area contributed by atoms with E-state index in [0.29, 0.717) is 5.92 Å². The fourth-order valence-electron chi connectivity index (χ4n) is 1.28. The first kappa shape index (κ1) is 13.5. The van der Waals surface area contributed by atoms with Crippen molar-refractivity contribution in [2.75, 3.05) is 14.1 Å². The van der Waals surface area contributed by atoms with Crippen molar-refractivity contribution in [3.05, 3.63) is 11.1 Å². The van der Waals surface area contributed by atoms with Crippen LogP contribution in [-0.4, -0.2) is 24.9 Å². The summed E-state index contributed by atoms with van der Waals surface area (Å²) >= 11 is 5.75. The van der Waals surface area contributed by atoms with Gasteiger partial charge in [0, 0.05) is 25.0 Å². The summed E-state index contributed by atoms with van der Waals surface area (Å²) in [4.78, 5) is 13.4. The Kier molecular flexibility index (Phi) is 5.86. The van der Waals surface area contributed by atoms with Crippen LogP contribution in [-0.2, 0) is 4.79 Å². The highest BCUT2D eigenvalue weighted by atomic mass is 35.5. The molecule has 82 valence electrons. The SMILES string of the molecule is CC(Cl)=CCC(C(=O)N(C)C)C(C)C. The van der Waals surface area contributed by atoms with Crippen LogP contribution in [0.4, 0.5) is 0 Å². The van der Waals surface area contributed by atoms with Crippen molar-refractivity contribution in [1.82, 2.24) is 4.90 Å². The first-order valence-corrected chi connectivity index (χ1v) is 5.27. The molecule has 0 heterocycles. The first-order valence-electron chi connectivity index (χ1n) is 4.89. The summed E-state index contributed by atoms with van der Waals surface area (Å²) in [6.45, 7) is 5.95. The molecular formula is C11H20ClNO. The van der Waals surface area contributed by atoms with Crippen molar-refractivity contribution < 1.29 is 4.79 Å². The van der Waals surface area contributed by atoms with Crippen LogP contribution in [0.5, 0.6) is 0 Å². The van der Waals surface area contributed by atoms with E-state index in [4.69, 9.17) is 11.6 Å². The molecule has 0 radical (unpaired) electrons. The zero-order valence-electron chi connectivity index (χ0n) is 9.67. The Morgan fingerprint density at radius 2 is 1.93 bits per heavy atom. The maximum Gasteiger partial charge on any atom is 0.225 e. The normalized spacial score (nSPS) is 14.4. The number of allylic oxidation sites excluding steroid dienone is 2. The first-order chi connectivity index (χ1) is 6.36. The molecule has 0 rings (SSSR count). The summed E-state index contributed by atoms with van der Waals surface area (Å²) in [7, 11) is 3.57. The molecule has 0 aromatic heterocycles. The van der Waals surface area contributed by atoms with Crippen LogP contribution < -0.4 is 0 Å². The van der Waals surface area contributed by atoms with E-state index in [1.54, 1.807) is 19.0 Å². The summed E-state index contributed by atoms with van der Waals surface area (Å²) in [6.07, 6.45) is 2.64. The predicted molar refractivity (Wildman–Crippen MR) is 61.2 cm³/mol. The standard InChI is InChI=1S/C11H20ClNO/c1-8(2)10(7-6-9(3)12)11(14)13(4)5/h6,8,10H,7H2,1-5H3. The molecule has 0 saturated carbocycles. The van der Waals surface area contributed by atoms with E-state index in [0.717, 1.165) is 11.5 Å². The number of amides is 1. The summed E-state index contributed by atoms with van der Waals surface area (Å²) in [5, 5.41) is 0.752. The van der Waals surface area contributed by atoms with Gasteiger partial charge in [0.2, 0.25) is 5.91 Å². The topological polar surface area (TPSA) is 20.3 Å². The lowest BCUT2D eigenvalue weighted by Crippen LogP contribution is -2.32. The zero-order chi connectivity index (χ0) is 11.3. The van der Waals surface area contributed by atoms with Gasteiger partial charge in [-0.05, 0) is 19.3 Å². The number of hydrogen-bond acceptors (Lipinski definition) is 1. The highest BCUT2D eigenvalue weighted by molar-refractivity contribution is 6.29. The smallest absolute Gasteiger partial charge is 0.225 e. The number of rotatable bonds is 4. The molecule has 1 unspecified atom stereocenters. The lowest BCUT2D eigenvalue weighted by Gasteiger charge is -2.22. The minimum Gasteiger partial charge on any atom is -0.349 e. The van der Waals surface area contributed by atoms with E-state index in [-0.39, 0.29) is 11.8 Å². The lowest BCUT2D eigenvalue weighted by atomic mass is 9.91. The molecule has 1 atom stereocenters. The molecule has 0 bridgehead atoms. The van der Waals surface area contributed by atoms with E-state index in [1.807, 2.05) is 13.0 Å². The third-order valence-corrected chi connectivity index (χ3v) is 2.37. The molecule has 0 aliphatic carbocycles. The van der Waals surface area contributed by atoms with Crippen molar-refractivity contribution >= 4 is 17.5 Å². The van der Waals surface area contributed by atoms with Crippen molar-refractivity contribution in [2.24, 2.45) is 11.8 Å². The van der Waals surface area contributed by atoms with Gasteiger partial charge in [0.15, 0.2) is 0 Å². The molecule has 0 aromatic rings. The molecule has 0 aliphatic rings. The second kappa shape index (κ2) is 6.07. The monoisotopic (exact) mass is 217 g/mol. The number of hydrogen-bond donors (Lipinski definition) is 0. The van der Waals surface area contributed by atoms with Crippen molar-refractivity contribution in [3.63, 3.8) is 0 Å². The zero-order valence-corrected chi connectivity index (χ0v) is 10.4. The van der Waals surface area contributed by atoms with Gasteiger partial charge in [-0.3, -0.25) is 4.79 Å².